The van der Waals surface area contributed by atoms with Crippen molar-refractivity contribution in [1.82, 2.24) is 0 Å². The van der Waals surface area contributed by atoms with Gasteiger partial charge in [0, 0.05) is 22.3 Å². The fourth-order valence-electron chi connectivity index (χ4n) is 8.01. The van der Waals surface area contributed by atoms with Gasteiger partial charge in [0.05, 0.1) is 12.2 Å². The van der Waals surface area contributed by atoms with Crippen molar-refractivity contribution in [2.24, 2.45) is 28.6 Å². The van der Waals surface area contributed by atoms with Crippen LogP contribution in [0, 0.1) is 28.6 Å². The molecule has 4 aliphatic carbocycles. The number of ketones is 3. The maximum Gasteiger partial charge on any atom is 0.192 e. The average Bonchev–Trinajstić information content (AvgIpc) is 3.09. The van der Waals surface area contributed by atoms with E-state index in [1.54, 1.807) is 43.3 Å². The van der Waals surface area contributed by atoms with Gasteiger partial charge in [-0.15, -0.1) is 0 Å². The van der Waals surface area contributed by atoms with Crippen LogP contribution in [0.3, 0.4) is 0 Å². The Labute approximate surface area is 210 Å². The van der Waals surface area contributed by atoms with Crippen molar-refractivity contribution in [3.8, 4) is 0 Å². The first kappa shape index (κ1) is 25.2. The van der Waals surface area contributed by atoms with Crippen molar-refractivity contribution in [2.45, 2.75) is 57.3 Å². The van der Waals surface area contributed by atoms with Crippen LogP contribution in [-0.2, 0) is 14.3 Å². The van der Waals surface area contributed by atoms with Crippen molar-refractivity contribution >= 4 is 17.3 Å². The van der Waals surface area contributed by atoms with Crippen LogP contribution in [0.2, 0.25) is 0 Å². The molecular formula is C29H34O7. The molecule has 3 saturated carbocycles. The van der Waals surface area contributed by atoms with Gasteiger partial charge < -0.3 is 20.1 Å². The van der Waals surface area contributed by atoms with Crippen LogP contribution in [0.4, 0.5) is 0 Å². The van der Waals surface area contributed by atoms with E-state index in [0.29, 0.717) is 24.8 Å². The number of carbonyl (C=O) groups is 3. The molecule has 0 bridgehead atoms. The molecule has 3 N–H and O–H groups in total. The molecule has 3 fully saturated rings. The highest BCUT2D eigenvalue weighted by Gasteiger charge is 2.71. The zero-order valence-corrected chi connectivity index (χ0v) is 20.7. The Balaban J connectivity index is 1.48. The Morgan fingerprint density at radius 2 is 1.89 bits per heavy atom. The zero-order valence-electron chi connectivity index (χ0n) is 20.7. The topological polar surface area (TPSA) is 121 Å². The van der Waals surface area contributed by atoms with Gasteiger partial charge in [0.2, 0.25) is 0 Å². The molecule has 1 aromatic rings. The van der Waals surface area contributed by atoms with Gasteiger partial charge in [-0.05, 0) is 49.7 Å². The number of allylic oxidation sites excluding steroid dienone is 4. The highest BCUT2D eigenvalue weighted by Crippen LogP contribution is 2.67. The molecule has 8 atom stereocenters. The first-order valence-corrected chi connectivity index (χ1v) is 12.7. The van der Waals surface area contributed by atoms with E-state index >= 15 is 0 Å². The number of ether oxygens (including phenoxy) is 1. The van der Waals surface area contributed by atoms with E-state index in [4.69, 9.17) is 4.74 Å². The van der Waals surface area contributed by atoms with Crippen LogP contribution in [0.25, 0.3) is 0 Å². The van der Waals surface area contributed by atoms with Crippen molar-refractivity contribution in [3.05, 3.63) is 59.7 Å². The van der Waals surface area contributed by atoms with Gasteiger partial charge in [0.25, 0.3) is 0 Å². The third kappa shape index (κ3) is 3.51. The van der Waals surface area contributed by atoms with E-state index in [9.17, 15) is 29.7 Å². The van der Waals surface area contributed by atoms with Gasteiger partial charge in [-0.3, -0.25) is 14.4 Å². The summed E-state index contributed by atoms with van der Waals surface area (Å²) in [6, 6.07) is 8.69. The summed E-state index contributed by atoms with van der Waals surface area (Å²) in [5.41, 5.74) is -2.08. The van der Waals surface area contributed by atoms with Crippen LogP contribution in [-0.4, -0.2) is 63.7 Å². The number of hydrogen-bond acceptors (Lipinski definition) is 7. The molecule has 1 aromatic carbocycles. The van der Waals surface area contributed by atoms with Crippen LogP contribution >= 0.6 is 0 Å². The number of aliphatic hydroxyl groups excluding tert-OH is 2. The van der Waals surface area contributed by atoms with Gasteiger partial charge >= 0.3 is 0 Å². The Kier molecular flexibility index (Phi) is 6.19. The first-order chi connectivity index (χ1) is 17.1. The Morgan fingerprint density at radius 1 is 1.17 bits per heavy atom. The second kappa shape index (κ2) is 8.84. The summed E-state index contributed by atoms with van der Waals surface area (Å²) in [4.78, 5) is 37.9. The average molecular weight is 495 g/mol. The summed E-state index contributed by atoms with van der Waals surface area (Å²) in [5.74, 6) is -1.44. The summed E-state index contributed by atoms with van der Waals surface area (Å²) < 4.78 is 5.99. The number of hydrogen-bond donors (Lipinski definition) is 3. The lowest BCUT2D eigenvalue weighted by atomic mass is 9.46. The van der Waals surface area contributed by atoms with Crippen molar-refractivity contribution in [1.29, 1.82) is 0 Å². The quantitative estimate of drug-likeness (QED) is 0.520. The van der Waals surface area contributed by atoms with Crippen molar-refractivity contribution in [2.75, 3.05) is 13.2 Å². The molecule has 4 aliphatic rings. The van der Waals surface area contributed by atoms with E-state index in [2.05, 4.69) is 6.92 Å². The molecule has 0 saturated heterocycles. The third-order valence-electron chi connectivity index (χ3n) is 9.77. The molecule has 0 spiro atoms. The molecule has 0 heterocycles. The van der Waals surface area contributed by atoms with Crippen molar-refractivity contribution < 1.29 is 34.4 Å². The molecule has 0 radical (unpaired) electrons. The minimum Gasteiger partial charge on any atom is -0.393 e. The molecular weight excluding hydrogens is 460 g/mol. The van der Waals surface area contributed by atoms with Crippen LogP contribution in [0.1, 0.15) is 49.9 Å². The van der Waals surface area contributed by atoms with Crippen LogP contribution < -0.4 is 0 Å². The predicted octanol–water partition coefficient (Wildman–Crippen LogP) is 2.44. The van der Waals surface area contributed by atoms with Gasteiger partial charge in [-0.25, -0.2) is 0 Å². The maximum absolute atomic E-state index is 13.1. The van der Waals surface area contributed by atoms with Gasteiger partial charge in [-0.2, -0.15) is 0 Å². The molecule has 7 nitrogen and oxygen atoms in total. The second-order valence-electron chi connectivity index (χ2n) is 11.4. The van der Waals surface area contributed by atoms with Gasteiger partial charge in [0.1, 0.15) is 13.2 Å². The molecule has 0 aromatic heterocycles. The molecule has 0 aliphatic heterocycles. The molecule has 5 rings (SSSR count). The highest BCUT2D eigenvalue weighted by molar-refractivity contribution is 6.01. The molecule has 36 heavy (non-hydrogen) atoms. The summed E-state index contributed by atoms with van der Waals surface area (Å²) in [7, 11) is 0. The number of carbonyl (C=O) groups excluding carboxylic acids is 3. The number of rotatable bonds is 6. The molecule has 2 unspecified atom stereocenters. The third-order valence-corrected chi connectivity index (χ3v) is 9.77. The fraction of sp³-hybridized carbons (Fsp3) is 0.552. The lowest BCUT2D eigenvalue weighted by Gasteiger charge is -2.59. The summed E-state index contributed by atoms with van der Waals surface area (Å²) in [6.07, 6.45) is 5.22. The SMILES string of the molecule is C[C@]12C=CC(=O)C=C1CC[C@@H]1[C@@H]2C(O)C[C@@]2(C)[C@H]1CC(OCC(=O)c1ccccc1)[C@]2(O)C(=O)CO. The number of Topliss-reactive ketones (excluding diaryl/α,β-unsaturated/α-hetero) is 2. The summed E-state index contributed by atoms with van der Waals surface area (Å²) in [5, 5.41) is 33.3. The van der Waals surface area contributed by atoms with E-state index in [-0.39, 0.29) is 42.3 Å². The highest BCUT2D eigenvalue weighted by atomic mass is 16.5. The second-order valence-corrected chi connectivity index (χ2v) is 11.4. The lowest BCUT2D eigenvalue weighted by Crippen LogP contribution is -2.64. The minimum atomic E-state index is -2.04. The largest absolute Gasteiger partial charge is 0.393 e. The van der Waals surface area contributed by atoms with Crippen molar-refractivity contribution in [3.63, 3.8) is 0 Å². The Hall–Kier alpha value is -2.45. The van der Waals surface area contributed by atoms with E-state index in [1.165, 1.54) is 0 Å². The number of fused-ring (bicyclic) bond motifs is 5. The smallest absolute Gasteiger partial charge is 0.192 e. The summed E-state index contributed by atoms with van der Waals surface area (Å²) in [6.45, 7) is 2.70. The van der Waals surface area contributed by atoms with E-state index < -0.39 is 41.0 Å². The van der Waals surface area contributed by atoms with E-state index in [1.807, 2.05) is 12.1 Å². The lowest BCUT2D eigenvalue weighted by molar-refractivity contribution is -0.194. The Bertz CT molecular complexity index is 1140. The number of benzene rings is 1. The number of aliphatic hydroxyl groups is 3. The van der Waals surface area contributed by atoms with Gasteiger partial charge in [0.15, 0.2) is 23.0 Å². The summed E-state index contributed by atoms with van der Waals surface area (Å²) >= 11 is 0. The van der Waals surface area contributed by atoms with E-state index in [0.717, 1.165) is 5.57 Å². The normalized spacial score (nSPS) is 41.2. The predicted molar refractivity (Wildman–Crippen MR) is 131 cm³/mol. The molecule has 192 valence electrons. The monoisotopic (exact) mass is 494 g/mol. The standard InChI is InChI=1S/C29H34O7/c1-27-11-10-19(31)12-18(27)8-9-20-21-13-25(36-16-23(33)17-6-4-3-5-7-17)29(35,24(34)15-30)28(21,2)14-22(32)26(20)27/h3-7,10-12,20-22,25-26,30,32,35H,8-9,13-16H2,1-2H3/t20-,21-,22?,25?,26+,27-,28-,29+/m0/s1. The van der Waals surface area contributed by atoms with Crippen LogP contribution in [0.5, 0.6) is 0 Å². The molecule has 0 amide bonds. The zero-order chi connectivity index (χ0) is 25.9. The molecule has 7 heteroatoms. The maximum atomic E-state index is 13.1. The van der Waals surface area contributed by atoms with Crippen LogP contribution in [0.15, 0.2) is 54.1 Å². The van der Waals surface area contributed by atoms with Gasteiger partial charge in [-0.1, -0.05) is 55.8 Å². The Morgan fingerprint density at radius 3 is 2.58 bits per heavy atom. The minimum absolute atomic E-state index is 0.0322. The fourth-order valence-corrected chi connectivity index (χ4v) is 8.01. The first-order valence-electron chi connectivity index (χ1n) is 12.7.